The molecule has 0 saturated carbocycles. The van der Waals surface area contributed by atoms with Gasteiger partial charge in [-0.05, 0) is 79.9 Å². The van der Waals surface area contributed by atoms with Gasteiger partial charge in [-0.25, -0.2) is 4.98 Å². The summed E-state index contributed by atoms with van der Waals surface area (Å²) >= 11 is 0. The second kappa shape index (κ2) is 17.8. The summed E-state index contributed by atoms with van der Waals surface area (Å²) in [5.41, 5.74) is 8.66. The number of ether oxygens (including phenoxy) is 1. The van der Waals surface area contributed by atoms with Crippen LogP contribution in [0.5, 0.6) is 11.5 Å². The summed E-state index contributed by atoms with van der Waals surface area (Å²) in [4.78, 5) is 8.69. The average molecular weight is 1070 g/mol. The van der Waals surface area contributed by atoms with Gasteiger partial charge in [-0.3, -0.25) is 0 Å². The number of anilines is 4. The van der Waals surface area contributed by atoms with Crippen LogP contribution in [0.2, 0.25) is 0 Å². The maximum absolute atomic E-state index is 9.15. The fourth-order valence-corrected chi connectivity index (χ4v) is 8.82. The average Bonchev–Trinajstić information content (AvgIpc) is 4.10. The second-order valence-corrected chi connectivity index (χ2v) is 18.8. The van der Waals surface area contributed by atoms with Crippen LogP contribution >= 0.6 is 0 Å². The summed E-state index contributed by atoms with van der Waals surface area (Å²) in [5, 5.41) is 2.02. The van der Waals surface area contributed by atoms with Gasteiger partial charge in [0, 0.05) is 72.5 Å². The molecule has 6 heteroatoms. The molecule has 0 atom stereocenters. The molecule has 0 fully saturated rings. The van der Waals surface area contributed by atoms with Gasteiger partial charge in [-0.2, -0.15) is 12.1 Å². The topological polar surface area (TPSA) is 33.5 Å². The third kappa shape index (κ3) is 8.30. The van der Waals surface area contributed by atoms with Gasteiger partial charge in [-0.15, -0.1) is 48.1 Å². The number of fused-ring (bicyclic) bond motifs is 4. The zero-order valence-corrected chi connectivity index (χ0v) is 40.6. The van der Waals surface area contributed by atoms with Gasteiger partial charge < -0.3 is 19.1 Å². The molecule has 0 amide bonds. The van der Waals surface area contributed by atoms with Crippen molar-refractivity contribution in [3.05, 3.63) is 224 Å². The summed E-state index contributed by atoms with van der Waals surface area (Å²) in [5.74, 6) is 1.61. The molecule has 0 bridgehead atoms. The first-order chi connectivity index (χ1) is 36.2. The normalized spacial score (nSPS) is 14.5. The Hall–Kier alpha value is -7.20. The van der Waals surface area contributed by atoms with Crippen LogP contribution in [-0.2, 0) is 31.9 Å². The van der Waals surface area contributed by atoms with Gasteiger partial charge in [-0.1, -0.05) is 174 Å². The van der Waals surface area contributed by atoms with Gasteiger partial charge in [0.1, 0.15) is 5.82 Å². The van der Waals surface area contributed by atoms with Crippen LogP contribution in [0.15, 0.2) is 194 Å². The summed E-state index contributed by atoms with van der Waals surface area (Å²) in [6.45, 7) is 14.7. The van der Waals surface area contributed by atoms with Crippen molar-refractivity contribution in [2.75, 3.05) is 9.80 Å². The minimum atomic E-state index is -0.537. The zero-order chi connectivity index (χ0) is 53.7. The fraction of sp³-hybridized carbons (Fsp3) is 0.129. The number of hydrogen-bond acceptors (Lipinski definition) is 4. The molecule has 1 aliphatic rings. The van der Waals surface area contributed by atoms with Crippen LogP contribution < -0.4 is 14.5 Å². The van der Waals surface area contributed by atoms with Crippen molar-refractivity contribution < 1.29 is 38.1 Å². The van der Waals surface area contributed by atoms with Gasteiger partial charge in [0.25, 0.3) is 0 Å². The molecule has 0 spiro atoms. The molecular weight excluding hydrogens is 1010 g/mol. The molecule has 1 aliphatic heterocycles. The van der Waals surface area contributed by atoms with E-state index >= 15 is 0 Å². The smallest absolute Gasteiger partial charge is 0.135 e. The first kappa shape index (κ1) is 35.0. The van der Waals surface area contributed by atoms with Crippen LogP contribution in [0.3, 0.4) is 0 Å². The van der Waals surface area contributed by atoms with Crippen molar-refractivity contribution in [3.8, 4) is 50.7 Å². The molecule has 0 radical (unpaired) electrons. The Balaban J connectivity index is 0.00000672. The van der Waals surface area contributed by atoms with Gasteiger partial charge in [0.2, 0.25) is 0 Å². The number of hydrogen-bond donors (Lipinski definition) is 0. The summed E-state index contributed by atoms with van der Waals surface area (Å²) in [7, 11) is 0. The molecule has 2 aromatic heterocycles. The predicted molar refractivity (Wildman–Crippen MR) is 278 cm³/mol. The Morgan fingerprint density at radius 1 is 0.544 bits per heavy atom. The molecule has 0 N–H and O–H groups in total. The standard InChI is InChI=1S/C62H51N4O.Pt/c1-61(2,3)46-29-33-56-58(37-46)65(60-51(43-20-12-8-13-21-43)26-17-27-52(60)44-22-14-9-15-23-44)41-64(56)48-24-16-25-49(39-48)67-50-30-31-53-54-36-45(42-18-10-7-11-19-42)28-32-55(54)66(57(53)40-50)59-38-47(34-35-63-59)62(4,5)6;/h7-38,41H,1-6H3;/q-3;/i8D,9D,12D,13D,14D,15D,20D,21D,22D;. The van der Waals surface area contributed by atoms with Crippen LogP contribution in [0.1, 0.15) is 65.0 Å². The summed E-state index contributed by atoms with van der Waals surface area (Å²) in [6.07, 6.45) is 1.85. The second-order valence-electron chi connectivity index (χ2n) is 18.8. The van der Waals surface area contributed by atoms with E-state index in [1.807, 2.05) is 77.3 Å². The van der Waals surface area contributed by atoms with Crippen LogP contribution in [0, 0.1) is 18.8 Å². The predicted octanol–water partition coefficient (Wildman–Crippen LogP) is 16.6. The Morgan fingerprint density at radius 2 is 1.25 bits per heavy atom. The molecule has 0 saturated heterocycles. The summed E-state index contributed by atoms with van der Waals surface area (Å²) in [6, 6.07) is 46.4. The first-order valence-corrected chi connectivity index (χ1v) is 22.3. The number of nitrogens with zero attached hydrogens (tertiary/aromatic N) is 4. The molecule has 3 heterocycles. The van der Waals surface area contributed by atoms with Gasteiger partial charge >= 0.3 is 0 Å². The van der Waals surface area contributed by atoms with Crippen LogP contribution in [-0.4, -0.2) is 9.55 Å². The van der Waals surface area contributed by atoms with Gasteiger partial charge in [0.15, 0.2) is 0 Å². The third-order valence-electron chi connectivity index (χ3n) is 12.3. The molecule has 0 aliphatic carbocycles. The quantitative estimate of drug-likeness (QED) is 0.142. The number of para-hydroxylation sites is 1. The molecular formula is C62H51N4OPt-3. The summed E-state index contributed by atoms with van der Waals surface area (Å²) < 4.78 is 87.7. The molecule has 68 heavy (non-hydrogen) atoms. The molecule has 0 unspecified atom stereocenters. The van der Waals surface area contributed by atoms with E-state index < -0.39 is 42.3 Å². The molecule has 8 aromatic carbocycles. The largest absolute Gasteiger partial charge is 0.509 e. The molecule has 10 aromatic rings. The van der Waals surface area contributed by atoms with Crippen LogP contribution in [0.25, 0.3) is 61.0 Å². The van der Waals surface area contributed by atoms with E-state index in [1.165, 1.54) is 6.07 Å². The number of pyridine rings is 1. The maximum Gasteiger partial charge on any atom is 0.135 e. The molecule has 5 nitrogen and oxygen atoms in total. The van der Waals surface area contributed by atoms with Crippen molar-refractivity contribution >= 4 is 44.6 Å². The maximum atomic E-state index is 9.15. The SMILES string of the molecule is [2H]c1cc(-c2cccc(-c3c([2H])c([2H])c([2H])c([2H])c3[2H])c2N2[CH-]N(c3[c-]c(Oc4[c-]c5c(cc4)c4cc(-c6ccccc6)ccc4n5-c4cc(C(C)(C)C)ccn4)ccc3)c3ccc(C(C)(C)C)cc32)c([2H])c([2H])c1[2H].[Pt]. The van der Waals surface area contributed by atoms with Crippen molar-refractivity contribution in [1.82, 2.24) is 9.55 Å². The molecule has 11 rings (SSSR count). The van der Waals surface area contributed by atoms with Crippen LogP contribution in [0.4, 0.5) is 22.7 Å². The Labute approximate surface area is 427 Å². The number of rotatable bonds is 8. The Morgan fingerprint density at radius 3 is 2.03 bits per heavy atom. The van der Waals surface area contributed by atoms with E-state index in [-0.39, 0.29) is 60.7 Å². The third-order valence-corrected chi connectivity index (χ3v) is 12.3. The van der Waals surface area contributed by atoms with Crippen molar-refractivity contribution in [2.45, 2.75) is 52.4 Å². The van der Waals surface area contributed by atoms with Crippen molar-refractivity contribution in [2.24, 2.45) is 0 Å². The van der Waals surface area contributed by atoms with E-state index in [0.717, 1.165) is 55.6 Å². The first-order valence-electron chi connectivity index (χ1n) is 26.8. The zero-order valence-electron chi connectivity index (χ0n) is 47.4. The number of aromatic nitrogens is 2. The number of benzene rings is 8. The van der Waals surface area contributed by atoms with Crippen molar-refractivity contribution in [3.63, 3.8) is 0 Å². The van der Waals surface area contributed by atoms with E-state index in [9.17, 15) is 0 Å². The van der Waals surface area contributed by atoms with E-state index in [0.29, 0.717) is 34.1 Å². The van der Waals surface area contributed by atoms with Gasteiger partial charge in [0.05, 0.1) is 12.3 Å². The van der Waals surface area contributed by atoms with E-state index in [2.05, 4.69) is 113 Å². The van der Waals surface area contributed by atoms with E-state index in [4.69, 9.17) is 22.1 Å². The minimum absolute atomic E-state index is 0. The van der Waals surface area contributed by atoms with E-state index in [1.54, 1.807) is 18.2 Å². The Bertz CT molecular complexity index is 3970. The Kier molecular flexibility index (Phi) is 9.16. The molecule has 338 valence electrons. The minimum Gasteiger partial charge on any atom is -0.509 e. The monoisotopic (exact) mass is 1070 g/mol. The van der Waals surface area contributed by atoms with Crippen molar-refractivity contribution in [1.29, 1.82) is 0 Å². The fourth-order valence-electron chi connectivity index (χ4n) is 8.82.